The normalized spacial score (nSPS) is 18.6. The van der Waals surface area contributed by atoms with E-state index in [1.165, 1.54) is 6.07 Å². The molecule has 1 aromatic carbocycles. The number of rotatable bonds is 2. The van der Waals surface area contributed by atoms with Crippen LogP contribution in [0.2, 0.25) is 6.55 Å². The molecule has 1 aliphatic rings. The first-order valence-corrected chi connectivity index (χ1v) is 7.86. The Hall–Kier alpha value is -0.913. The third-order valence-electron chi connectivity index (χ3n) is 2.91. The van der Waals surface area contributed by atoms with Crippen molar-refractivity contribution in [3.05, 3.63) is 24.0 Å². The van der Waals surface area contributed by atoms with Gasteiger partial charge in [-0.25, -0.2) is 4.39 Å². The van der Waals surface area contributed by atoms with Gasteiger partial charge in [-0.2, -0.15) is 0 Å². The third-order valence-corrected chi connectivity index (χ3v) is 4.24. The fourth-order valence-electron chi connectivity index (χ4n) is 1.95. The lowest BCUT2D eigenvalue weighted by atomic mass is 10.2. The Morgan fingerprint density at radius 1 is 1.38 bits per heavy atom. The van der Waals surface area contributed by atoms with Gasteiger partial charge in [0.1, 0.15) is 5.82 Å². The van der Waals surface area contributed by atoms with Crippen LogP contribution in [0.15, 0.2) is 18.2 Å². The van der Waals surface area contributed by atoms with Gasteiger partial charge >= 0.3 is 0 Å². The fourth-order valence-corrected chi connectivity index (χ4v) is 2.71. The molecular weight excluding hydrogens is 223 g/mol. The second-order valence-electron chi connectivity index (χ2n) is 4.12. The Balaban J connectivity index is 2.21. The van der Waals surface area contributed by atoms with E-state index in [9.17, 15) is 9.19 Å². The molecule has 2 N–H and O–H groups in total. The van der Waals surface area contributed by atoms with E-state index in [0.717, 1.165) is 31.4 Å². The zero-order valence-electron chi connectivity index (χ0n) is 9.41. The molecule has 1 atom stereocenters. The molecule has 1 aliphatic heterocycles. The van der Waals surface area contributed by atoms with E-state index >= 15 is 0 Å². The van der Waals surface area contributed by atoms with Crippen LogP contribution in [0.4, 0.5) is 10.1 Å². The summed E-state index contributed by atoms with van der Waals surface area (Å²) >= 11 is 0. The van der Waals surface area contributed by atoms with E-state index in [1.807, 2.05) is 11.0 Å². The largest absolute Gasteiger partial charge is 0.431 e. The van der Waals surface area contributed by atoms with Crippen LogP contribution >= 0.6 is 0 Å². The summed E-state index contributed by atoms with van der Waals surface area (Å²) in [6, 6.07) is 5.11. The molecule has 16 heavy (non-hydrogen) atoms. The van der Waals surface area contributed by atoms with Crippen molar-refractivity contribution in [2.75, 3.05) is 31.1 Å². The van der Waals surface area contributed by atoms with Gasteiger partial charge in [0.25, 0.3) is 0 Å². The second-order valence-corrected chi connectivity index (χ2v) is 6.14. The van der Waals surface area contributed by atoms with Crippen LogP contribution in [-0.2, 0) is 0 Å². The van der Waals surface area contributed by atoms with Crippen LogP contribution in [0.25, 0.3) is 0 Å². The molecule has 1 unspecified atom stereocenters. The Morgan fingerprint density at radius 3 is 2.62 bits per heavy atom. The number of benzene rings is 1. The highest BCUT2D eigenvalue weighted by molar-refractivity contribution is 6.64. The summed E-state index contributed by atoms with van der Waals surface area (Å²) in [5.74, 6) is -0.215. The zero-order chi connectivity index (χ0) is 11.5. The summed E-state index contributed by atoms with van der Waals surface area (Å²) in [4.78, 5) is 11.5. The van der Waals surface area contributed by atoms with Crippen LogP contribution in [-0.4, -0.2) is 40.0 Å². The van der Waals surface area contributed by atoms with E-state index in [1.54, 1.807) is 12.6 Å². The standard InChI is InChI=1S/C11H17FN2OSi/c1-16(15)9-2-3-11(10(12)8-9)14-6-4-13-5-7-14/h2-3,8,13,15-16H,4-7H2,1H3. The van der Waals surface area contributed by atoms with Gasteiger partial charge in [-0.3, -0.25) is 0 Å². The number of hydrogen-bond acceptors (Lipinski definition) is 3. The summed E-state index contributed by atoms with van der Waals surface area (Å²) in [7, 11) is -1.89. The molecule has 0 amide bonds. The number of hydrogen-bond donors (Lipinski definition) is 2. The Morgan fingerprint density at radius 2 is 2.06 bits per heavy atom. The molecule has 0 spiro atoms. The van der Waals surface area contributed by atoms with E-state index in [0.29, 0.717) is 5.69 Å². The molecule has 0 aliphatic carbocycles. The maximum Gasteiger partial charge on any atom is 0.201 e. The second kappa shape index (κ2) is 4.95. The van der Waals surface area contributed by atoms with Crippen molar-refractivity contribution < 1.29 is 9.19 Å². The average molecular weight is 240 g/mol. The molecule has 5 heteroatoms. The van der Waals surface area contributed by atoms with E-state index in [-0.39, 0.29) is 5.82 Å². The van der Waals surface area contributed by atoms with Gasteiger partial charge in [0.2, 0.25) is 9.04 Å². The van der Waals surface area contributed by atoms with Gasteiger partial charge in [-0.15, -0.1) is 0 Å². The number of halogens is 1. The molecule has 1 fully saturated rings. The molecule has 0 saturated carbocycles. The maximum absolute atomic E-state index is 13.8. The Bertz CT molecular complexity index is 367. The van der Waals surface area contributed by atoms with Gasteiger partial charge < -0.3 is 15.0 Å². The molecule has 88 valence electrons. The highest BCUT2D eigenvalue weighted by Gasteiger charge is 2.15. The molecule has 3 nitrogen and oxygen atoms in total. The fraction of sp³-hybridized carbons (Fsp3) is 0.455. The molecular formula is C11H17FN2OSi. The summed E-state index contributed by atoms with van der Waals surface area (Å²) in [6.07, 6.45) is 0. The smallest absolute Gasteiger partial charge is 0.201 e. The number of nitrogens with zero attached hydrogens (tertiary/aromatic N) is 1. The van der Waals surface area contributed by atoms with Crippen molar-refractivity contribution in [1.29, 1.82) is 0 Å². The first-order valence-electron chi connectivity index (χ1n) is 5.61. The minimum Gasteiger partial charge on any atom is -0.431 e. The molecule has 0 bridgehead atoms. The molecule has 1 heterocycles. The third kappa shape index (κ3) is 2.42. The minimum atomic E-state index is -1.89. The lowest BCUT2D eigenvalue weighted by Gasteiger charge is -2.29. The highest BCUT2D eigenvalue weighted by atomic mass is 28.3. The molecule has 1 aromatic rings. The molecule has 0 aromatic heterocycles. The van der Waals surface area contributed by atoms with E-state index in [2.05, 4.69) is 5.32 Å². The summed E-state index contributed by atoms with van der Waals surface area (Å²) in [6.45, 7) is 5.24. The van der Waals surface area contributed by atoms with E-state index < -0.39 is 9.04 Å². The quantitative estimate of drug-likeness (QED) is 0.702. The van der Waals surface area contributed by atoms with Gasteiger partial charge in [0.05, 0.1) is 5.69 Å². The SMILES string of the molecule is C[SiH](O)c1ccc(N2CCNCC2)c(F)c1. The number of nitrogens with one attached hydrogen (secondary N) is 1. The Labute approximate surface area is 96.6 Å². The summed E-state index contributed by atoms with van der Waals surface area (Å²) < 4.78 is 13.8. The first-order chi connectivity index (χ1) is 7.68. The van der Waals surface area contributed by atoms with Gasteiger partial charge in [0.15, 0.2) is 0 Å². The van der Waals surface area contributed by atoms with Crippen LogP contribution < -0.4 is 15.4 Å². The minimum absolute atomic E-state index is 0.215. The van der Waals surface area contributed by atoms with Gasteiger partial charge in [-0.05, 0) is 23.9 Å². The monoisotopic (exact) mass is 240 g/mol. The van der Waals surface area contributed by atoms with Crippen LogP contribution in [0.5, 0.6) is 0 Å². The molecule has 2 rings (SSSR count). The topological polar surface area (TPSA) is 35.5 Å². The van der Waals surface area contributed by atoms with E-state index in [4.69, 9.17) is 0 Å². The Kier molecular flexibility index (Phi) is 3.58. The number of piperazine rings is 1. The zero-order valence-corrected chi connectivity index (χ0v) is 10.6. The van der Waals surface area contributed by atoms with Crippen LogP contribution in [0, 0.1) is 5.82 Å². The summed E-state index contributed by atoms with van der Waals surface area (Å²) in [5, 5.41) is 4.00. The predicted octanol–water partition coefficient (Wildman–Crippen LogP) is -0.212. The lowest BCUT2D eigenvalue weighted by Crippen LogP contribution is -2.44. The number of anilines is 1. The maximum atomic E-state index is 13.8. The van der Waals surface area contributed by atoms with Crippen molar-refractivity contribution >= 4 is 19.9 Å². The van der Waals surface area contributed by atoms with Crippen molar-refractivity contribution in [2.45, 2.75) is 6.55 Å². The van der Waals surface area contributed by atoms with Crippen molar-refractivity contribution in [1.82, 2.24) is 5.32 Å². The van der Waals surface area contributed by atoms with Crippen LogP contribution in [0.3, 0.4) is 0 Å². The van der Waals surface area contributed by atoms with Crippen molar-refractivity contribution in [3.8, 4) is 0 Å². The summed E-state index contributed by atoms with van der Waals surface area (Å²) in [5.41, 5.74) is 0.653. The van der Waals surface area contributed by atoms with Crippen LogP contribution in [0.1, 0.15) is 0 Å². The van der Waals surface area contributed by atoms with Crippen molar-refractivity contribution in [2.24, 2.45) is 0 Å². The molecule has 0 radical (unpaired) electrons. The first kappa shape index (κ1) is 11.6. The highest BCUT2D eigenvalue weighted by Crippen LogP contribution is 2.18. The molecule has 1 saturated heterocycles. The predicted molar refractivity (Wildman–Crippen MR) is 66.3 cm³/mol. The van der Waals surface area contributed by atoms with Crippen molar-refractivity contribution in [3.63, 3.8) is 0 Å². The lowest BCUT2D eigenvalue weighted by molar-refractivity contribution is 0.565. The van der Waals surface area contributed by atoms with Gasteiger partial charge in [0, 0.05) is 26.2 Å². The van der Waals surface area contributed by atoms with Gasteiger partial charge in [-0.1, -0.05) is 6.07 Å². The average Bonchev–Trinajstić information content (AvgIpc) is 2.30.